The molecular formula is C17H19N5O3S. The van der Waals surface area contributed by atoms with E-state index in [9.17, 15) is 9.59 Å². The third-order valence-electron chi connectivity index (χ3n) is 4.19. The first-order chi connectivity index (χ1) is 12.5. The summed E-state index contributed by atoms with van der Waals surface area (Å²) in [6.45, 7) is 4.13. The molecule has 1 N–H and O–H groups in total. The average Bonchev–Trinajstić information content (AvgIpc) is 3.18. The molecule has 9 heteroatoms. The van der Waals surface area contributed by atoms with Gasteiger partial charge in [0.05, 0.1) is 12.2 Å². The van der Waals surface area contributed by atoms with Crippen molar-refractivity contribution in [1.82, 2.24) is 14.8 Å². The summed E-state index contributed by atoms with van der Waals surface area (Å²) in [5.74, 6) is -0.177. The van der Waals surface area contributed by atoms with Gasteiger partial charge in [-0.2, -0.15) is 5.26 Å². The summed E-state index contributed by atoms with van der Waals surface area (Å²) in [4.78, 5) is 29.7. The Balaban J connectivity index is 1.82. The number of esters is 1. The maximum atomic E-state index is 12.4. The fourth-order valence-electron chi connectivity index (χ4n) is 2.99. The number of amides is 1. The summed E-state index contributed by atoms with van der Waals surface area (Å²) >= 11 is 1.44. The van der Waals surface area contributed by atoms with E-state index in [0.29, 0.717) is 16.5 Å². The maximum absolute atomic E-state index is 12.4. The molecule has 2 aromatic rings. The minimum Gasteiger partial charge on any atom is -0.462 e. The number of carbonyl (C=O) groups excluding carboxylic acids is 2. The SMILES string of the molecule is CCOC(=O)c1c(NC(=O)Cn2cnc(C#N)n2)sc2c1CC[C@@H](C)C2. The molecule has 0 radical (unpaired) electrons. The van der Waals surface area contributed by atoms with Crippen molar-refractivity contribution >= 4 is 28.2 Å². The van der Waals surface area contributed by atoms with Gasteiger partial charge in [0.1, 0.15) is 23.9 Å². The molecule has 0 saturated carbocycles. The van der Waals surface area contributed by atoms with Crippen LogP contribution in [0.25, 0.3) is 0 Å². The van der Waals surface area contributed by atoms with Crippen molar-refractivity contribution < 1.29 is 14.3 Å². The predicted molar refractivity (Wildman–Crippen MR) is 94.8 cm³/mol. The molecule has 0 aliphatic heterocycles. The quantitative estimate of drug-likeness (QED) is 0.804. The van der Waals surface area contributed by atoms with Crippen molar-refractivity contribution in [3.63, 3.8) is 0 Å². The molecule has 0 aromatic carbocycles. The zero-order valence-corrected chi connectivity index (χ0v) is 15.4. The molecule has 26 heavy (non-hydrogen) atoms. The van der Waals surface area contributed by atoms with Crippen LogP contribution in [-0.2, 0) is 28.9 Å². The highest BCUT2D eigenvalue weighted by molar-refractivity contribution is 7.17. The van der Waals surface area contributed by atoms with Crippen molar-refractivity contribution in [2.45, 2.75) is 39.7 Å². The molecule has 0 fully saturated rings. The van der Waals surface area contributed by atoms with Crippen LogP contribution in [0.3, 0.4) is 0 Å². The van der Waals surface area contributed by atoms with E-state index in [1.807, 2.05) is 6.07 Å². The minimum atomic E-state index is -0.401. The first-order valence-corrected chi connectivity index (χ1v) is 9.24. The van der Waals surface area contributed by atoms with Gasteiger partial charge in [-0.1, -0.05) is 6.92 Å². The van der Waals surface area contributed by atoms with Crippen molar-refractivity contribution in [3.05, 3.63) is 28.2 Å². The van der Waals surface area contributed by atoms with Crippen molar-refractivity contribution in [1.29, 1.82) is 5.26 Å². The van der Waals surface area contributed by atoms with Gasteiger partial charge in [-0.25, -0.2) is 14.5 Å². The number of carbonyl (C=O) groups is 2. The normalized spacial score (nSPS) is 15.8. The Labute approximate surface area is 154 Å². The molecule has 0 saturated heterocycles. The number of hydrogen-bond donors (Lipinski definition) is 1. The number of ether oxygens (including phenoxy) is 1. The predicted octanol–water partition coefficient (Wildman–Crippen LogP) is 2.15. The van der Waals surface area contributed by atoms with Gasteiger partial charge >= 0.3 is 5.97 Å². The van der Waals surface area contributed by atoms with Crippen LogP contribution in [0.1, 0.15) is 46.9 Å². The van der Waals surface area contributed by atoms with Gasteiger partial charge < -0.3 is 10.1 Å². The van der Waals surface area contributed by atoms with Gasteiger partial charge in [0.15, 0.2) is 0 Å². The molecule has 1 amide bonds. The second kappa shape index (κ2) is 7.66. The highest BCUT2D eigenvalue weighted by atomic mass is 32.1. The number of nitrogens with zero attached hydrogens (tertiary/aromatic N) is 4. The topological polar surface area (TPSA) is 110 Å². The van der Waals surface area contributed by atoms with Crippen LogP contribution in [0.2, 0.25) is 0 Å². The van der Waals surface area contributed by atoms with E-state index in [4.69, 9.17) is 10.00 Å². The Hall–Kier alpha value is -2.73. The number of thiophene rings is 1. The third-order valence-corrected chi connectivity index (χ3v) is 5.36. The van der Waals surface area contributed by atoms with E-state index in [1.165, 1.54) is 22.3 Å². The van der Waals surface area contributed by atoms with E-state index >= 15 is 0 Å². The number of nitriles is 1. The summed E-state index contributed by atoms with van der Waals surface area (Å²) in [6, 6.07) is 1.81. The lowest BCUT2D eigenvalue weighted by molar-refractivity contribution is -0.116. The van der Waals surface area contributed by atoms with Crippen LogP contribution in [0.5, 0.6) is 0 Å². The van der Waals surface area contributed by atoms with Crippen LogP contribution in [0, 0.1) is 17.2 Å². The lowest BCUT2D eigenvalue weighted by Gasteiger charge is -2.18. The molecule has 3 rings (SSSR count). The lowest BCUT2D eigenvalue weighted by atomic mass is 9.88. The van der Waals surface area contributed by atoms with Crippen LogP contribution < -0.4 is 5.32 Å². The second-order valence-corrected chi connectivity index (χ2v) is 7.31. The van der Waals surface area contributed by atoms with Gasteiger partial charge in [-0.05, 0) is 37.7 Å². The molecule has 1 aliphatic rings. The summed E-state index contributed by atoms with van der Waals surface area (Å²) in [6.07, 6.45) is 4.05. The average molecular weight is 373 g/mol. The standard InChI is InChI=1S/C17H19N5O3S/c1-3-25-17(24)15-11-5-4-10(2)6-12(11)26-16(15)20-14(23)8-22-9-19-13(7-18)21-22/h9-10H,3-6,8H2,1-2H3,(H,20,23)/t10-/m1/s1. The van der Waals surface area contributed by atoms with Crippen LogP contribution in [-0.4, -0.2) is 33.2 Å². The Morgan fingerprint density at radius 2 is 2.35 bits per heavy atom. The molecular weight excluding hydrogens is 354 g/mol. The van der Waals surface area contributed by atoms with Gasteiger partial charge in [-0.3, -0.25) is 4.79 Å². The Kier molecular flexibility index (Phi) is 5.32. The van der Waals surface area contributed by atoms with E-state index in [-0.39, 0.29) is 24.9 Å². The zero-order chi connectivity index (χ0) is 18.7. The second-order valence-electron chi connectivity index (χ2n) is 6.20. The van der Waals surface area contributed by atoms with Crippen molar-refractivity contribution in [2.75, 3.05) is 11.9 Å². The molecule has 8 nitrogen and oxygen atoms in total. The fourth-order valence-corrected chi connectivity index (χ4v) is 4.41. The van der Waals surface area contributed by atoms with Gasteiger partial charge in [0.2, 0.25) is 5.91 Å². The summed E-state index contributed by atoms with van der Waals surface area (Å²) in [7, 11) is 0. The third kappa shape index (κ3) is 3.75. The molecule has 0 spiro atoms. The number of aromatic nitrogens is 3. The summed E-state index contributed by atoms with van der Waals surface area (Å²) in [5.41, 5.74) is 1.47. The Morgan fingerprint density at radius 1 is 1.54 bits per heavy atom. The highest BCUT2D eigenvalue weighted by Gasteiger charge is 2.29. The Morgan fingerprint density at radius 3 is 3.04 bits per heavy atom. The first kappa shape index (κ1) is 18.1. The number of hydrogen-bond acceptors (Lipinski definition) is 7. The number of anilines is 1. The maximum Gasteiger partial charge on any atom is 0.341 e. The molecule has 2 aromatic heterocycles. The molecule has 1 aliphatic carbocycles. The van der Waals surface area contributed by atoms with Crippen molar-refractivity contribution in [3.8, 4) is 6.07 Å². The van der Waals surface area contributed by atoms with E-state index in [1.54, 1.807) is 6.92 Å². The van der Waals surface area contributed by atoms with Gasteiger partial charge in [0, 0.05) is 4.88 Å². The largest absolute Gasteiger partial charge is 0.462 e. The van der Waals surface area contributed by atoms with E-state index < -0.39 is 5.97 Å². The molecule has 0 bridgehead atoms. The first-order valence-electron chi connectivity index (χ1n) is 8.42. The minimum absolute atomic E-state index is 0.00517. The van der Waals surface area contributed by atoms with E-state index in [0.717, 1.165) is 29.7 Å². The monoisotopic (exact) mass is 373 g/mol. The van der Waals surface area contributed by atoms with Crippen LogP contribution >= 0.6 is 11.3 Å². The van der Waals surface area contributed by atoms with Crippen molar-refractivity contribution in [2.24, 2.45) is 5.92 Å². The van der Waals surface area contributed by atoms with Gasteiger partial charge in [0.25, 0.3) is 5.82 Å². The number of rotatable bonds is 5. The van der Waals surface area contributed by atoms with Crippen LogP contribution in [0.4, 0.5) is 5.00 Å². The molecule has 0 unspecified atom stereocenters. The highest BCUT2D eigenvalue weighted by Crippen LogP contribution is 2.40. The Bertz CT molecular complexity index is 880. The smallest absolute Gasteiger partial charge is 0.341 e. The molecule has 1 atom stereocenters. The van der Waals surface area contributed by atoms with E-state index in [2.05, 4.69) is 22.3 Å². The fraction of sp³-hybridized carbons (Fsp3) is 0.471. The summed E-state index contributed by atoms with van der Waals surface area (Å²) in [5, 5.41) is 15.9. The molecule has 136 valence electrons. The van der Waals surface area contributed by atoms with Gasteiger partial charge in [-0.15, -0.1) is 16.4 Å². The number of nitrogens with one attached hydrogen (secondary N) is 1. The zero-order valence-electron chi connectivity index (χ0n) is 14.6. The molecule has 2 heterocycles. The number of fused-ring (bicyclic) bond motifs is 1. The summed E-state index contributed by atoms with van der Waals surface area (Å²) < 4.78 is 6.48. The van der Waals surface area contributed by atoms with Crippen LogP contribution in [0.15, 0.2) is 6.33 Å². The lowest BCUT2D eigenvalue weighted by Crippen LogP contribution is -2.20.